The molecule has 10 heteroatoms. The first-order chi connectivity index (χ1) is 17.1. The highest BCUT2D eigenvalue weighted by Crippen LogP contribution is 2.22. The predicted molar refractivity (Wildman–Crippen MR) is 137 cm³/mol. The minimum atomic E-state index is -3.81. The van der Waals surface area contributed by atoms with E-state index < -0.39 is 27.7 Å². The maximum atomic E-state index is 13.7. The van der Waals surface area contributed by atoms with E-state index >= 15 is 0 Å². The Hall–Kier alpha value is -3.01. The molecular weight excluding hydrogens is 488 g/mol. The van der Waals surface area contributed by atoms with E-state index in [9.17, 15) is 26.8 Å². The second kappa shape index (κ2) is 13.9. The van der Waals surface area contributed by atoms with Gasteiger partial charge in [0.15, 0.2) is 11.6 Å². The lowest BCUT2D eigenvalue weighted by molar-refractivity contribution is -0.141. The van der Waals surface area contributed by atoms with Gasteiger partial charge in [-0.05, 0) is 37.0 Å². The van der Waals surface area contributed by atoms with Gasteiger partial charge < -0.3 is 10.2 Å². The number of sulfonamides is 1. The zero-order chi connectivity index (χ0) is 26.7. The largest absolute Gasteiger partial charge is 0.354 e. The van der Waals surface area contributed by atoms with E-state index in [-0.39, 0.29) is 43.4 Å². The highest BCUT2D eigenvalue weighted by molar-refractivity contribution is 7.92. The SMILES string of the molecule is CCCCNC(=O)C(CC)N(Cc1ccccc1)C(=O)CCCN(c1ccc(F)c(F)c1)S(C)(=O)=O. The van der Waals surface area contributed by atoms with Crippen LogP contribution < -0.4 is 9.62 Å². The Balaban J connectivity index is 2.18. The quantitative estimate of drug-likeness (QED) is 0.376. The topological polar surface area (TPSA) is 86.8 Å². The fourth-order valence-corrected chi connectivity index (χ4v) is 4.81. The number of unbranched alkanes of at least 4 members (excludes halogenated alkanes) is 1. The molecule has 0 fully saturated rings. The summed E-state index contributed by atoms with van der Waals surface area (Å²) in [5.74, 6) is -2.77. The molecule has 0 spiro atoms. The number of carbonyl (C=O) groups is 2. The normalized spacial score (nSPS) is 12.1. The smallest absolute Gasteiger partial charge is 0.242 e. The highest BCUT2D eigenvalue weighted by Gasteiger charge is 2.28. The van der Waals surface area contributed by atoms with Gasteiger partial charge >= 0.3 is 0 Å². The molecule has 0 saturated carbocycles. The first-order valence-electron chi connectivity index (χ1n) is 12.1. The fourth-order valence-electron chi connectivity index (χ4n) is 3.85. The Morgan fingerprint density at radius 1 is 1.00 bits per heavy atom. The first kappa shape index (κ1) is 29.2. The summed E-state index contributed by atoms with van der Waals surface area (Å²) in [5, 5.41) is 2.89. The van der Waals surface area contributed by atoms with Crippen molar-refractivity contribution in [2.45, 2.75) is 58.5 Å². The molecule has 1 N–H and O–H groups in total. The highest BCUT2D eigenvalue weighted by atomic mass is 32.2. The Bertz CT molecular complexity index is 1110. The van der Waals surface area contributed by atoms with Crippen LogP contribution in [0, 0.1) is 11.6 Å². The Morgan fingerprint density at radius 3 is 2.28 bits per heavy atom. The molecule has 0 heterocycles. The molecule has 36 heavy (non-hydrogen) atoms. The van der Waals surface area contributed by atoms with E-state index in [1.165, 1.54) is 11.0 Å². The molecule has 0 bridgehead atoms. The summed E-state index contributed by atoms with van der Waals surface area (Å²) in [6.07, 6.45) is 3.25. The van der Waals surface area contributed by atoms with Crippen molar-refractivity contribution in [2.75, 3.05) is 23.7 Å². The van der Waals surface area contributed by atoms with Crippen LogP contribution in [0.15, 0.2) is 48.5 Å². The molecule has 0 aliphatic carbocycles. The van der Waals surface area contributed by atoms with Crippen molar-refractivity contribution in [3.8, 4) is 0 Å². The summed E-state index contributed by atoms with van der Waals surface area (Å²) in [5.41, 5.74) is 0.844. The minimum absolute atomic E-state index is 0.0215. The first-order valence-corrected chi connectivity index (χ1v) is 14.0. The van der Waals surface area contributed by atoms with E-state index in [4.69, 9.17) is 0 Å². The maximum Gasteiger partial charge on any atom is 0.242 e. The summed E-state index contributed by atoms with van der Waals surface area (Å²) in [6, 6.07) is 11.5. The molecule has 0 aromatic heterocycles. The number of nitrogens with one attached hydrogen (secondary N) is 1. The van der Waals surface area contributed by atoms with E-state index in [1.54, 1.807) is 0 Å². The number of halogens is 2. The zero-order valence-corrected chi connectivity index (χ0v) is 21.9. The maximum absolute atomic E-state index is 13.7. The van der Waals surface area contributed by atoms with E-state index in [0.717, 1.165) is 41.1 Å². The molecule has 0 aliphatic heterocycles. The van der Waals surface area contributed by atoms with E-state index in [2.05, 4.69) is 5.32 Å². The zero-order valence-electron chi connectivity index (χ0n) is 21.0. The summed E-state index contributed by atoms with van der Waals surface area (Å²) in [6.45, 7) is 4.52. The van der Waals surface area contributed by atoms with Gasteiger partial charge in [0.25, 0.3) is 0 Å². The van der Waals surface area contributed by atoms with Gasteiger partial charge in [0.2, 0.25) is 21.8 Å². The lowest BCUT2D eigenvalue weighted by Gasteiger charge is -2.31. The van der Waals surface area contributed by atoms with Crippen LogP contribution in [0.1, 0.15) is 51.5 Å². The minimum Gasteiger partial charge on any atom is -0.354 e. The lowest BCUT2D eigenvalue weighted by Crippen LogP contribution is -2.49. The van der Waals surface area contributed by atoms with E-state index in [1.807, 2.05) is 44.2 Å². The standard InChI is InChI=1S/C26H35F2N3O4S/c1-4-6-16-29-26(33)24(5-2)30(19-20-11-8-7-9-12-20)25(32)13-10-17-31(36(3,34)35)21-14-15-22(27)23(28)18-21/h7-9,11-12,14-15,18,24H,4-6,10,13,16-17,19H2,1-3H3,(H,29,33). The van der Waals surface area contributed by atoms with Crippen molar-refractivity contribution in [3.63, 3.8) is 0 Å². The van der Waals surface area contributed by atoms with Gasteiger partial charge in [0, 0.05) is 32.1 Å². The van der Waals surface area contributed by atoms with Crippen molar-refractivity contribution in [1.82, 2.24) is 10.2 Å². The summed E-state index contributed by atoms with van der Waals surface area (Å²) >= 11 is 0. The van der Waals surface area contributed by atoms with Gasteiger partial charge in [-0.25, -0.2) is 17.2 Å². The van der Waals surface area contributed by atoms with Gasteiger partial charge in [-0.3, -0.25) is 13.9 Å². The van der Waals surface area contributed by atoms with Crippen LogP contribution in [0.2, 0.25) is 0 Å². The summed E-state index contributed by atoms with van der Waals surface area (Å²) in [4.78, 5) is 27.7. The average Bonchev–Trinajstić information content (AvgIpc) is 2.83. The van der Waals surface area contributed by atoms with Crippen LogP contribution >= 0.6 is 0 Å². The molecule has 1 atom stereocenters. The van der Waals surface area contributed by atoms with Crippen LogP contribution in [-0.4, -0.2) is 50.5 Å². The number of amides is 2. The molecular formula is C26H35F2N3O4S. The second-order valence-corrected chi connectivity index (χ2v) is 10.5. The van der Waals surface area contributed by atoms with Crippen LogP contribution in [0.4, 0.5) is 14.5 Å². The monoisotopic (exact) mass is 523 g/mol. The Kier molecular flexibility index (Phi) is 11.3. The van der Waals surface area contributed by atoms with Crippen molar-refractivity contribution < 1.29 is 26.8 Å². The van der Waals surface area contributed by atoms with Gasteiger partial charge in [-0.1, -0.05) is 50.6 Å². The van der Waals surface area contributed by atoms with Crippen LogP contribution in [0.3, 0.4) is 0 Å². The van der Waals surface area contributed by atoms with Gasteiger partial charge in [-0.2, -0.15) is 0 Å². The number of rotatable bonds is 14. The fraction of sp³-hybridized carbons (Fsp3) is 0.462. The second-order valence-electron chi connectivity index (χ2n) is 8.61. The number of nitrogens with zero attached hydrogens (tertiary/aromatic N) is 2. The Morgan fingerprint density at radius 2 is 1.69 bits per heavy atom. The molecule has 1 unspecified atom stereocenters. The van der Waals surface area contributed by atoms with Gasteiger partial charge in [0.05, 0.1) is 11.9 Å². The molecule has 2 amide bonds. The van der Waals surface area contributed by atoms with E-state index in [0.29, 0.717) is 13.0 Å². The lowest BCUT2D eigenvalue weighted by atomic mass is 10.1. The third-order valence-electron chi connectivity index (χ3n) is 5.75. The van der Waals surface area contributed by atoms with Gasteiger partial charge in [-0.15, -0.1) is 0 Å². The molecule has 2 rings (SSSR count). The molecule has 198 valence electrons. The van der Waals surface area contributed by atoms with Crippen molar-refractivity contribution >= 4 is 27.5 Å². The van der Waals surface area contributed by atoms with Gasteiger partial charge in [0.1, 0.15) is 6.04 Å². The molecule has 0 saturated heterocycles. The number of anilines is 1. The number of hydrogen-bond donors (Lipinski definition) is 1. The third-order valence-corrected chi connectivity index (χ3v) is 6.95. The Labute approximate surface area is 212 Å². The van der Waals surface area contributed by atoms with Crippen molar-refractivity contribution in [2.24, 2.45) is 0 Å². The number of hydrogen-bond acceptors (Lipinski definition) is 4. The number of carbonyl (C=O) groups excluding carboxylic acids is 2. The molecule has 0 aliphatic rings. The molecule has 2 aromatic carbocycles. The van der Waals surface area contributed by atoms with Crippen molar-refractivity contribution in [1.29, 1.82) is 0 Å². The van der Waals surface area contributed by atoms with Crippen LogP contribution in [-0.2, 0) is 26.2 Å². The molecule has 0 radical (unpaired) electrons. The summed E-state index contributed by atoms with van der Waals surface area (Å²) < 4.78 is 52.6. The van der Waals surface area contributed by atoms with Crippen molar-refractivity contribution in [3.05, 3.63) is 65.7 Å². The number of benzene rings is 2. The molecule has 2 aromatic rings. The summed E-state index contributed by atoms with van der Waals surface area (Å²) in [7, 11) is -3.81. The van der Waals surface area contributed by atoms with Crippen LogP contribution in [0.25, 0.3) is 0 Å². The average molecular weight is 524 g/mol. The van der Waals surface area contributed by atoms with Crippen LogP contribution in [0.5, 0.6) is 0 Å². The third kappa shape index (κ3) is 8.58. The predicted octanol–water partition coefficient (Wildman–Crippen LogP) is 4.23. The molecule has 7 nitrogen and oxygen atoms in total.